The van der Waals surface area contributed by atoms with Gasteiger partial charge in [0.05, 0.1) is 12.3 Å². The third kappa shape index (κ3) is 3.23. The largest absolute Gasteiger partial charge is 0.494 e. The molecule has 0 bridgehead atoms. The first-order chi connectivity index (χ1) is 11.6. The summed E-state index contributed by atoms with van der Waals surface area (Å²) in [5.74, 6) is -0.343. The van der Waals surface area contributed by atoms with Gasteiger partial charge in [0.25, 0.3) is 5.82 Å². The Labute approximate surface area is 143 Å². The van der Waals surface area contributed by atoms with E-state index in [1.54, 1.807) is 48.5 Å². The van der Waals surface area contributed by atoms with E-state index < -0.39 is 5.97 Å². The number of hydrogen-bond donors (Lipinski definition) is 1. The summed E-state index contributed by atoms with van der Waals surface area (Å²) in [4.78, 5) is 15.4. The number of carboxylic acids is 1. The summed E-state index contributed by atoms with van der Waals surface area (Å²) >= 11 is 6.03. The predicted molar refractivity (Wildman–Crippen MR) is 89.9 cm³/mol. The fourth-order valence-corrected chi connectivity index (χ4v) is 2.44. The summed E-state index contributed by atoms with van der Waals surface area (Å²) in [7, 11) is 0. The zero-order valence-corrected chi connectivity index (χ0v) is 13.6. The second-order valence-electron chi connectivity index (χ2n) is 4.91. The number of benzene rings is 2. The summed E-state index contributed by atoms with van der Waals surface area (Å²) in [5.41, 5.74) is 1.35. The Morgan fingerprint density at radius 1 is 1.25 bits per heavy atom. The second kappa shape index (κ2) is 6.72. The molecule has 0 saturated heterocycles. The van der Waals surface area contributed by atoms with Crippen molar-refractivity contribution < 1.29 is 14.6 Å². The molecule has 0 radical (unpaired) electrons. The van der Waals surface area contributed by atoms with Crippen LogP contribution >= 0.6 is 11.6 Å². The van der Waals surface area contributed by atoms with Crippen LogP contribution < -0.4 is 4.74 Å². The van der Waals surface area contributed by atoms with Gasteiger partial charge in [0.2, 0.25) is 0 Å². The molecule has 0 spiro atoms. The molecular weight excluding hydrogens is 330 g/mol. The van der Waals surface area contributed by atoms with Gasteiger partial charge in [-0.15, -0.1) is 5.10 Å². The quantitative estimate of drug-likeness (QED) is 0.764. The van der Waals surface area contributed by atoms with Crippen LogP contribution in [0.5, 0.6) is 5.75 Å². The van der Waals surface area contributed by atoms with E-state index in [9.17, 15) is 9.90 Å². The molecule has 3 aromatic rings. The number of aromatic nitrogens is 3. The lowest BCUT2D eigenvalue weighted by molar-refractivity contribution is 0.0683. The number of aromatic carboxylic acids is 1. The Bertz CT molecular complexity index is 875. The summed E-state index contributed by atoms with van der Waals surface area (Å²) in [6, 6.07) is 14.2. The maximum absolute atomic E-state index is 11.3. The van der Waals surface area contributed by atoms with Crippen molar-refractivity contribution in [1.82, 2.24) is 14.8 Å². The molecule has 0 atom stereocenters. The topological polar surface area (TPSA) is 77.2 Å². The van der Waals surface area contributed by atoms with Crippen LogP contribution in [0, 0.1) is 0 Å². The number of hydrogen-bond acceptors (Lipinski definition) is 4. The van der Waals surface area contributed by atoms with Crippen LogP contribution in [0.25, 0.3) is 17.1 Å². The number of carboxylic acid groups (broad SMARTS) is 1. The van der Waals surface area contributed by atoms with Gasteiger partial charge >= 0.3 is 5.97 Å². The molecule has 0 amide bonds. The van der Waals surface area contributed by atoms with E-state index in [1.807, 2.05) is 6.92 Å². The molecule has 1 N–H and O–H groups in total. The van der Waals surface area contributed by atoms with Crippen molar-refractivity contribution in [3.63, 3.8) is 0 Å². The minimum absolute atomic E-state index is 0.279. The Morgan fingerprint density at radius 3 is 2.62 bits per heavy atom. The Kier molecular flexibility index (Phi) is 4.48. The van der Waals surface area contributed by atoms with Crippen molar-refractivity contribution in [1.29, 1.82) is 0 Å². The van der Waals surface area contributed by atoms with Gasteiger partial charge in [0.15, 0.2) is 5.82 Å². The molecule has 0 saturated carbocycles. The molecule has 1 aromatic heterocycles. The van der Waals surface area contributed by atoms with Crippen molar-refractivity contribution in [3.8, 4) is 22.8 Å². The van der Waals surface area contributed by atoms with Crippen molar-refractivity contribution in [2.75, 3.05) is 6.61 Å². The summed E-state index contributed by atoms with van der Waals surface area (Å²) in [6.45, 7) is 2.47. The smallest absolute Gasteiger partial charge is 0.375 e. The average molecular weight is 344 g/mol. The molecule has 7 heteroatoms. The highest BCUT2D eigenvalue weighted by molar-refractivity contribution is 6.30. The van der Waals surface area contributed by atoms with Crippen LogP contribution in [0.2, 0.25) is 5.02 Å². The molecule has 0 unspecified atom stereocenters. The highest BCUT2D eigenvalue weighted by atomic mass is 35.5. The monoisotopic (exact) mass is 343 g/mol. The molecule has 1 heterocycles. The number of carbonyl (C=O) groups is 1. The summed E-state index contributed by atoms with van der Waals surface area (Å²) < 4.78 is 6.89. The Balaban J connectivity index is 2.10. The number of halogens is 1. The van der Waals surface area contributed by atoms with E-state index in [4.69, 9.17) is 16.3 Å². The van der Waals surface area contributed by atoms with E-state index >= 15 is 0 Å². The average Bonchev–Trinajstić information content (AvgIpc) is 3.01. The predicted octanol–water partition coefficient (Wildman–Crippen LogP) is 3.68. The van der Waals surface area contributed by atoms with Gasteiger partial charge in [-0.1, -0.05) is 23.7 Å². The van der Waals surface area contributed by atoms with Crippen LogP contribution in [0.3, 0.4) is 0 Å². The van der Waals surface area contributed by atoms with E-state index in [1.165, 1.54) is 4.68 Å². The highest BCUT2D eigenvalue weighted by Gasteiger charge is 2.18. The normalized spacial score (nSPS) is 10.6. The molecule has 122 valence electrons. The van der Waals surface area contributed by atoms with Crippen LogP contribution in [0.1, 0.15) is 17.5 Å². The SMILES string of the molecule is CCOc1ccc(-n2nc(C(=O)O)nc2-c2cccc(Cl)c2)cc1. The second-order valence-corrected chi connectivity index (χ2v) is 5.35. The zero-order chi connectivity index (χ0) is 17.1. The highest BCUT2D eigenvalue weighted by Crippen LogP contribution is 2.25. The van der Waals surface area contributed by atoms with Crippen LogP contribution in [-0.2, 0) is 0 Å². The standard InChI is InChI=1S/C17H14ClN3O3/c1-2-24-14-8-6-13(7-9-14)21-16(19-15(20-21)17(22)23)11-4-3-5-12(18)10-11/h3-10H,2H2,1H3,(H,22,23). The molecule has 6 nitrogen and oxygen atoms in total. The fraction of sp³-hybridized carbons (Fsp3) is 0.118. The lowest BCUT2D eigenvalue weighted by Crippen LogP contribution is -2.02. The molecule has 3 rings (SSSR count). The van der Waals surface area contributed by atoms with E-state index in [-0.39, 0.29) is 5.82 Å². The first kappa shape index (κ1) is 16.0. The van der Waals surface area contributed by atoms with Gasteiger partial charge in [-0.2, -0.15) is 0 Å². The fourth-order valence-electron chi connectivity index (χ4n) is 2.25. The lowest BCUT2D eigenvalue weighted by atomic mass is 10.2. The third-order valence-corrected chi connectivity index (χ3v) is 3.51. The maximum Gasteiger partial charge on any atom is 0.375 e. The van der Waals surface area contributed by atoms with Crippen LogP contribution in [-0.4, -0.2) is 32.4 Å². The molecule has 24 heavy (non-hydrogen) atoms. The van der Waals surface area contributed by atoms with E-state index in [0.717, 1.165) is 5.75 Å². The minimum atomic E-state index is -1.19. The van der Waals surface area contributed by atoms with Crippen LogP contribution in [0.4, 0.5) is 0 Å². The van der Waals surface area contributed by atoms with Crippen molar-refractivity contribution in [3.05, 3.63) is 59.4 Å². The van der Waals surface area contributed by atoms with Gasteiger partial charge in [-0.25, -0.2) is 14.5 Å². The molecule has 2 aromatic carbocycles. The van der Waals surface area contributed by atoms with Gasteiger partial charge in [-0.3, -0.25) is 0 Å². The van der Waals surface area contributed by atoms with Gasteiger partial charge in [0, 0.05) is 10.6 Å². The molecular formula is C17H14ClN3O3. The lowest BCUT2D eigenvalue weighted by Gasteiger charge is -2.08. The van der Waals surface area contributed by atoms with Gasteiger partial charge in [0.1, 0.15) is 5.75 Å². The molecule has 0 aliphatic rings. The minimum Gasteiger partial charge on any atom is -0.494 e. The first-order valence-corrected chi connectivity index (χ1v) is 7.66. The molecule has 0 fully saturated rings. The van der Waals surface area contributed by atoms with E-state index in [0.29, 0.717) is 28.7 Å². The maximum atomic E-state index is 11.3. The molecule has 0 aliphatic heterocycles. The third-order valence-electron chi connectivity index (χ3n) is 3.27. The van der Waals surface area contributed by atoms with Crippen molar-refractivity contribution >= 4 is 17.6 Å². The van der Waals surface area contributed by atoms with Crippen molar-refractivity contribution in [2.45, 2.75) is 6.92 Å². The van der Waals surface area contributed by atoms with Gasteiger partial charge < -0.3 is 9.84 Å². The summed E-state index contributed by atoms with van der Waals surface area (Å²) in [5, 5.41) is 13.8. The van der Waals surface area contributed by atoms with Crippen LogP contribution in [0.15, 0.2) is 48.5 Å². The number of ether oxygens (including phenoxy) is 1. The zero-order valence-electron chi connectivity index (χ0n) is 12.8. The Morgan fingerprint density at radius 2 is 2.00 bits per heavy atom. The number of nitrogens with zero attached hydrogens (tertiary/aromatic N) is 3. The Hall–Kier alpha value is -2.86. The van der Waals surface area contributed by atoms with Crippen molar-refractivity contribution in [2.24, 2.45) is 0 Å². The summed E-state index contributed by atoms with van der Waals surface area (Å²) in [6.07, 6.45) is 0. The number of rotatable bonds is 5. The first-order valence-electron chi connectivity index (χ1n) is 7.28. The molecule has 0 aliphatic carbocycles. The van der Waals surface area contributed by atoms with Gasteiger partial charge in [-0.05, 0) is 43.3 Å². The van der Waals surface area contributed by atoms with E-state index in [2.05, 4.69) is 10.1 Å².